The fourth-order valence-electron chi connectivity index (χ4n) is 3.54. The molecular formula is C26H26F3N5O3S2. The van der Waals surface area contributed by atoms with Gasteiger partial charge < -0.3 is 10.4 Å². The molecule has 0 saturated heterocycles. The molecule has 0 aliphatic rings. The van der Waals surface area contributed by atoms with Crippen molar-refractivity contribution in [3.05, 3.63) is 71.1 Å². The molecule has 4 rings (SSSR count). The zero-order valence-electron chi connectivity index (χ0n) is 21.5. The minimum Gasteiger partial charge on any atom is -0.392 e. The summed E-state index contributed by atoms with van der Waals surface area (Å²) < 4.78 is 71.8. The first-order valence-corrected chi connectivity index (χ1v) is 14.1. The lowest BCUT2D eigenvalue weighted by Crippen LogP contribution is -2.17. The quantitative estimate of drug-likeness (QED) is 0.250. The molecule has 3 N–H and O–H groups in total. The summed E-state index contributed by atoms with van der Waals surface area (Å²) in [6, 6.07) is 8.23. The minimum atomic E-state index is -4.80. The number of hydrogen-bond donors (Lipinski definition) is 3. The summed E-state index contributed by atoms with van der Waals surface area (Å²) >= 11 is 1.29. The van der Waals surface area contributed by atoms with Crippen LogP contribution in [0.5, 0.6) is 0 Å². The number of aliphatic hydroxyl groups is 1. The molecule has 0 unspecified atom stereocenters. The first kappa shape index (κ1) is 28.5. The normalized spacial score (nSPS) is 12.8. The van der Waals surface area contributed by atoms with Gasteiger partial charge in [-0.15, -0.1) is 11.3 Å². The maximum absolute atomic E-state index is 15.9. The fourth-order valence-corrected chi connectivity index (χ4v) is 5.84. The summed E-state index contributed by atoms with van der Waals surface area (Å²) in [4.78, 5) is 12.6. The van der Waals surface area contributed by atoms with Crippen molar-refractivity contribution < 1.29 is 26.7 Å². The van der Waals surface area contributed by atoms with Gasteiger partial charge in [-0.25, -0.2) is 36.5 Å². The van der Waals surface area contributed by atoms with Crippen LogP contribution >= 0.6 is 11.3 Å². The second-order valence-corrected chi connectivity index (χ2v) is 12.4. The summed E-state index contributed by atoms with van der Waals surface area (Å²) in [6.07, 6.45) is 0.874. The van der Waals surface area contributed by atoms with Crippen LogP contribution in [0.2, 0.25) is 0 Å². The zero-order chi connectivity index (χ0) is 28.5. The van der Waals surface area contributed by atoms with Crippen molar-refractivity contribution in [2.45, 2.75) is 44.1 Å². The topological polar surface area (TPSA) is 117 Å². The average Bonchev–Trinajstić information content (AvgIpc) is 3.30. The summed E-state index contributed by atoms with van der Waals surface area (Å²) in [7, 11) is -4.80. The minimum absolute atomic E-state index is 0.0388. The highest BCUT2D eigenvalue weighted by Gasteiger charge is 2.28. The van der Waals surface area contributed by atoms with Crippen molar-refractivity contribution in [3.63, 3.8) is 0 Å². The van der Waals surface area contributed by atoms with E-state index in [-0.39, 0.29) is 23.8 Å². The van der Waals surface area contributed by atoms with Gasteiger partial charge in [-0.2, -0.15) is 0 Å². The number of nitrogens with one attached hydrogen (secondary N) is 2. The maximum atomic E-state index is 15.9. The van der Waals surface area contributed by atoms with E-state index < -0.39 is 49.6 Å². The molecule has 1 atom stereocenters. The van der Waals surface area contributed by atoms with E-state index >= 15 is 4.39 Å². The predicted molar refractivity (Wildman–Crippen MR) is 145 cm³/mol. The molecule has 13 heteroatoms. The number of sulfonamides is 1. The zero-order valence-corrected chi connectivity index (χ0v) is 23.1. The third kappa shape index (κ3) is 6.21. The molecule has 2 heterocycles. The Kier molecular flexibility index (Phi) is 7.96. The molecule has 2 aromatic carbocycles. The Hall–Kier alpha value is -3.55. The first-order chi connectivity index (χ1) is 18.3. The summed E-state index contributed by atoms with van der Waals surface area (Å²) in [5, 5.41) is 13.2. The Balaban J connectivity index is 1.81. The van der Waals surface area contributed by atoms with E-state index in [4.69, 9.17) is 0 Å². The van der Waals surface area contributed by atoms with Gasteiger partial charge in [-0.05, 0) is 37.3 Å². The van der Waals surface area contributed by atoms with Gasteiger partial charge in [0, 0.05) is 23.7 Å². The molecule has 0 aliphatic heterocycles. The standard InChI is InChI=1S/C26H26F3N5O3S2/c1-14(35)13-31-25-30-12-11-19(32-25)22-21(33-24(38-22)26(2,3)4)15-7-5-10-18(20(15)29)34-39(36,37)23-16(27)8-6-9-17(23)28/h5-12,14,34-35H,13H2,1-4H3,(H,30,31,32)/t14-/m1/s1. The van der Waals surface area contributed by atoms with Gasteiger partial charge in [0.2, 0.25) is 5.95 Å². The lowest BCUT2D eigenvalue weighted by molar-refractivity contribution is 0.208. The lowest BCUT2D eigenvalue weighted by atomic mass is 9.98. The molecule has 0 bridgehead atoms. The number of anilines is 2. The molecule has 8 nitrogen and oxygen atoms in total. The molecule has 0 aliphatic carbocycles. The van der Waals surface area contributed by atoms with Crippen LogP contribution in [0.15, 0.2) is 53.6 Å². The molecule has 206 valence electrons. The van der Waals surface area contributed by atoms with E-state index in [1.807, 2.05) is 25.5 Å². The highest BCUT2D eigenvalue weighted by Crippen LogP contribution is 2.42. The number of thiazole rings is 1. The van der Waals surface area contributed by atoms with Crippen molar-refractivity contribution in [1.82, 2.24) is 15.0 Å². The SMILES string of the molecule is C[C@@H](O)CNc1nccc(-c2sc(C(C)(C)C)nc2-c2cccc(NS(=O)(=O)c3c(F)cccc3F)c2F)n1. The first-order valence-electron chi connectivity index (χ1n) is 11.8. The van der Waals surface area contributed by atoms with Gasteiger partial charge in [0.05, 0.1) is 33.1 Å². The summed E-state index contributed by atoms with van der Waals surface area (Å²) in [5.41, 5.74) is -0.312. The number of aliphatic hydroxyl groups excluding tert-OH is 1. The largest absolute Gasteiger partial charge is 0.392 e. The number of halogens is 3. The van der Waals surface area contributed by atoms with Crippen LogP contribution in [0.25, 0.3) is 21.8 Å². The van der Waals surface area contributed by atoms with Crippen LogP contribution in [-0.2, 0) is 15.4 Å². The van der Waals surface area contributed by atoms with E-state index in [0.717, 1.165) is 24.3 Å². The fraction of sp³-hybridized carbons (Fsp3) is 0.269. The van der Waals surface area contributed by atoms with Gasteiger partial charge >= 0.3 is 0 Å². The Morgan fingerprint density at radius 2 is 1.69 bits per heavy atom. The van der Waals surface area contributed by atoms with Crippen LogP contribution in [0.1, 0.15) is 32.7 Å². The molecule has 2 aromatic heterocycles. The number of aromatic nitrogens is 3. The van der Waals surface area contributed by atoms with Gasteiger partial charge in [0.1, 0.15) is 11.6 Å². The summed E-state index contributed by atoms with van der Waals surface area (Å²) in [6.45, 7) is 7.65. The number of hydrogen-bond acceptors (Lipinski definition) is 8. The lowest BCUT2D eigenvalue weighted by Gasteiger charge is -2.14. The number of nitrogens with zero attached hydrogens (tertiary/aromatic N) is 3. The Morgan fingerprint density at radius 1 is 1.03 bits per heavy atom. The van der Waals surface area contributed by atoms with Crippen molar-refractivity contribution in [3.8, 4) is 21.8 Å². The monoisotopic (exact) mass is 577 g/mol. The second-order valence-electron chi connectivity index (χ2n) is 9.77. The van der Waals surface area contributed by atoms with Gasteiger partial charge in [-0.3, -0.25) is 4.72 Å². The maximum Gasteiger partial charge on any atom is 0.267 e. The molecule has 4 aromatic rings. The van der Waals surface area contributed by atoms with Crippen LogP contribution in [0.3, 0.4) is 0 Å². The van der Waals surface area contributed by atoms with E-state index in [1.165, 1.54) is 29.7 Å². The van der Waals surface area contributed by atoms with Gasteiger partial charge in [0.15, 0.2) is 10.7 Å². The van der Waals surface area contributed by atoms with E-state index in [1.54, 1.807) is 13.0 Å². The highest BCUT2D eigenvalue weighted by molar-refractivity contribution is 7.92. The van der Waals surface area contributed by atoms with E-state index in [9.17, 15) is 22.3 Å². The van der Waals surface area contributed by atoms with Gasteiger partial charge in [0.25, 0.3) is 10.0 Å². The van der Waals surface area contributed by atoms with Crippen LogP contribution < -0.4 is 10.0 Å². The predicted octanol–water partition coefficient (Wildman–Crippen LogP) is 5.58. The molecule has 0 spiro atoms. The average molecular weight is 578 g/mol. The molecule has 0 fully saturated rings. The number of rotatable bonds is 8. The summed E-state index contributed by atoms with van der Waals surface area (Å²) in [5.74, 6) is -3.34. The van der Waals surface area contributed by atoms with Crippen LogP contribution in [-0.4, -0.2) is 41.1 Å². The van der Waals surface area contributed by atoms with Crippen LogP contribution in [0, 0.1) is 17.5 Å². The molecule has 0 amide bonds. The van der Waals surface area contributed by atoms with Crippen molar-refractivity contribution in [1.29, 1.82) is 0 Å². The Morgan fingerprint density at radius 3 is 2.33 bits per heavy atom. The third-order valence-electron chi connectivity index (χ3n) is 5.40. The number of benzene rings is 2. The van der Waals surface area contributed by atoms with E-state index in [2.05, 4.69) is 20.3 Å². The molecule has 39 heavy (non-hydrogen) atoms. The third-order valence-corrected chi connectivity index (χ3v) is 8.32. The molecular weight excluding hydrogens is 551 g/mol. The second kappa shape index (κ2) is 10.9. The Bertz CT molecular complexity index is 1600. The molecule has 0 saturated carbocycles. The van der Waals surface area contributed by atoms with Crippen molar-refractivity contribution in [2.75, 3.05) is 16.6 Å². The van der Waals surface area contributed by atoms with Gasteiger partial charge in [-0.1, -0.05) is 32.9 Å². The van der Waals surface area contributed by atoms with Crippen LogP contribution in [0.4, 0.5) is 24.8 Å². The van der Waals surface area contributed by atoms with E-state index in [0.29, 0.717) is 15.6 Å². The van der Waals surface area contributed by atoms with Crippen molar-refractivity contribution in [2.24, 2.45) is 0 Å². The smallest absolute Gasteiger partial charge is 0.267 e. The Labute approximate surface area is 228 Å². The van der Waals surface area contributed by atoms with Crippen molar-refractivity contribution >= 4 is 33.0 Å². The highest BCUT2D eigenvalue weighted by atomic mass is 32.2. The molecule has 0 radical (unpaired) electrons.